The maximum absolute atomic E-state index is 14.4. The first kappa shape index (κ1) is 35.6. The minimum Gasteiger partial charge on any atom is -0.495 e. The standard InChI is InChI=1S/C36H38Cl2N6O5/c1-6-25(45)18-23-11-8-10-22(3)33(23)40-36-39-21-24-19-26(30-31(37)27(48-4)20-28(49-5)32(30)38)35(47)44(34(24)41-36)13-9-12-42-14-16-43(17-15-42)29(46)7-2/h6-8,10-11,19-21H,1-2,9,12-18H2,3-5H3,(H,39,40,41). The number of nitrogens with zero attached hydrogens (tertiary/aromatic N) is 5. The van der Waals surface area contributed by atoms with Gasteiger partial charge in [-0.25, -0.2) is 4.98 Å². The monoisotopic (exact) mass is 704 g/mol. The van der Waals surface area contributed by atoms with Crippen LogP contribution in [0.2, 0.25) is 10.0 Å². The van der Waals surface area contributed by atoms with Crippen LogP contribution in [0.15, 0.2) is 66.6 Å². The topological polar surface area (TPSA) is 119 Å². The van der Waals surface area contributed by atoms with E-state index in [-0.39, 0.29) is 50.8 Å². The molecule has 4 aromatic rings. The Morgan fingerprint density at radius 2 is 1.69 bits per heavy atom. The number of ether oxygens (including phenoxy) is 2. The zero-order valence-electron chi connectivity index (χ0n) is 27.7. The highest BCUT2D eigenvalue weighted by Gasteiger charge is 2.24. The molecule has 3 heterocycles. The number of aryl methyl sites for hydroxylation is 2. The third-order valence-corrected chi connectivity index (χ3v) is 9.32. The fourth-order valence-corrected chi connectivity index (χ4v) is 6.63. The smallest absolute Gasteiger partial charge is 0.260 e. The maximum Gasteiger partial charge on any atom is 0.260 e. The van der Waals surface area contributed by atoms with Crippen molar-refractivity contribution in [2.24, 2.45) is 0 Å². The van der Waals surface area contributed by atoms with Crippen LogP contribution >= 0.6 is 23.2 Å². The summed E-state index contributed by atoms with van der Waals surface area (Å²) >= 11 is 13.5. The molecule has 0 aliphatic carbocycles. The summed E-state index contributed by atoms with van der Waals surface area (Å²) in [5, 5.41) is 4.20. The zero-order chi connectivity index (χ0) is 35.2. The molecule has 11 nitrogen and oxygen atoms in total. The van der Waals surface area contributed by atoms with Gasteiger partial charge < -0.3 is 19.7 Å². The molecule has 1 fully saturated rings. The number of ketones is 1. The predicted octanol–water partition coefficient (Wildman–Crippen LogP) is 5.85. The fraction of sp³-hybridized carbons (Fsp3) is 0.306. The molecule has 0 bridgehead atoms. The Labute approximate surface area is 294 Å². The number of pyridine rings is 1. The van der Waals surface area contributed by atoms with Gasteiger partial charge in [0, 0.05) is 68.0 Å². The molecule has 13 heteroatoms. The third-order valence-electron chi connectivity index (χ3n) is 8.57. The molecule has 1 N–H and O–H groups in total. The van der Waals surface area contributed by atoms with Crippen LogP contribution in [0.4, 0.5) is 11.6 Å². The lowest BCUT2D eigenvalue weighted by Crippen LogP contribution is -2.48. The first-order valence-corrected chi connectivity index (χ1v) is 16.5. The molecule has 256 valence electrons. The zero-order valence-corrected chi connectivity index (χ0v) is 29.2. The Hall–Kier alpha value is -4.71. The second kappa shape index (κ2) is 15.7. The normalized spacial score (nSPS) is 13.3. The number of anilines is 2. The number of hydrogen-bond donors (Lipinski definition) is 1. The number of benzene rings is 2. The second-order valence-electron chi connectivity index (χ2n) is 11.6. The van der Waals surface area contributed by atoms with Gasteiger partial charge in [-0.2, -0.15) is 4.98 Å². The molecule has 1 amide bonds. The van der Waals surface area contributed by atoms with E-state index in [9.17, 15) is 14.4 Å². The number of amides is 1. The predicted molar refractivity (Wildman–Crippen MR) is 194 cm³/mol. The molecule has 0 atom stereocenters. The molecule has 0 saturated carbocycles. The highest BCUT2D eigenvalue weighted by atomic mass is 35.5. The SMILES string of the molecule is C=CC(=O)Cc1cccc(C)c1Nc1ncc2cc(-c3c(Cl)c(OC)cc(OC)c3Cl)c(=O)n(CCCN3CCN(C(=O)C=C)CC3)c2n1. The molecule has 0 radical (unpaired) electrons. The highest BCUT2D eigenvalue weighted by Crippen LogP contribution is 2.45. The molecule has 49 heavy (non-hydrogen) atoms. The van der Waals surface area contributed by atoms with Gasteiger partial charge >= 0.3 is 0 Å². The second-order valence-corrected chi connectivity index (χ2v) is 12.3. The van der Waals surface area contributed by atoms with Crippen LogP contribution in [0.5, 0.6) is 11.5 Å². The van der Waals surface area contributed by atoms with E-state index < -0.39 is 0 Å². The summed E-state index contributed by atoms with van der Waals surface area (Å²) in [7, 11) is 2.94. The lowest BCUT2D eigenvalue weighted by atomic mass is 10.0. The van der Waals surface area contributed by atoms with Crippen molar-refractivity contribution in [1.29, 1.82) is 0 Å². The molecule has 0 spiro atoms. The van der Waals surface area contributed by atoms with E-state index in [4.69, 9.17) is 37.7 Å². The highest BCUT2D eigenvalue weighted by molar-refractivity contribution is 6.41. The summed E-state index contributed by atoms with van der Waals surface area (Å²) in [4.78, 5) is 52.1. The number of nitrogens with one attached hydrogen (secondary N) is 1. The lowest BCUT2D eigenvalue weighted by Gasteiger charge is -2.34. The van der Waals surface area contributed by atoms with Crippen molar-refractivity contribution in [2.75, 3.05) is 52.3 Å². The Kier molecular flexibility index (Phi) is 11.4. The van der Waals surface area contributed by atoms with Gasteiger partial charge in [0.2, 0.25) is 11.9 Å². The van der Waals surface area contributed by atoms with Gasteiger partial charge in [0.05, 0.1) is 29.8 Å². The quantitative estimate of drug-likeness (QED) is 0.171. The third kappa shape index (κ3) is 7.64. The van der Waals surface area contributed by atoms with Crippen molar-refractivity contribution in [3.8, 4) is 22.6 Å². The number of piperazine rings is 1. The summed E-state index contributed by atoms with van der Waals surface area (Å²) in [6, 6.07) is 8.91. The summed E-state index contributed by atoms with van der Waals surface area (Å²) in [6.07, 6.45) is 5.05. The van der Waals surface area contributed by atoms with Crippen LogP contribution in [-0.4, -0.2) is 83.0 Å². The van der Waals surface area contributed by atoms with E-state index in [1.807, 2.05) is 25.1 Å². The number of aromatic nitrogens is 3. The summed E-state index contributed by atoms with van der Waals surface area (Å²) in [5.74, 6) is 0.678. The van der Waals surface area contributed by atoms with E-state index in [0.29, 0.717) is 73.9 Å². The van der Waals surface area contributed by atoms with Crippen LogP contribution < -0.4 is 20.3 Å². The largest absolute Gasteiger partial charge is 0.495 e. The van der Waals surface area contributed by atoms with E-state index in [0.717, 1.165) is 11.1 Å². The number of carbonyl (C=O) groups excluding carboxylic acids is 2. The lowest BCUT2D eigenvalue weighted by molar-refractivity contribution is -0.127. The number of para-hydroxylation sites is 1. The van der Waals surface area contributed by atoms with Crippen LogP contribution in [0, 0.1) is 6.92 Å². The van der Waals surface area contributed by atoms with Crippen molar-refractivity contribution in [2.45, 2.75) is 26.3 Å². The number of halogens is 2. The number of rotatable bonds is 13. The van der Waals surface area contributed by atoms with E-state index >= 15 is 0 Å². The number of carbonyl (C=O) groups is 2. The van der Waals surface area contributed by atoms with Crippen molar-refractivity contribution in [3.63, 3.8) is 0 Å². The molecule has 1 aliphatic rings. The molecular formula is C36H38Cl2N6O5. The van der Waals surface area contributed by atoms with E-state index in [1.54, 1.807) is 27.8 Å². The minimum absolute atomic E-state index is 0.0739. The Morgan fingerprint density at radius 3 is 2.33 bits per heavy atom. The van der Waals surface area contributed by atoms with Gasteiger partial charge in [0.25, 0.3) is 5.56 Å². The van der Waals surface area contributed by atoms with Gasteiger partial charge in [-0.1, -0.05) is 54.6 Å². The maximum atomic E-state index is 14.4. The van der Waals surface area contributed by atoms with Gasteiger partial charge in [0.15, 0.2) is 5.78 Å². The van der Waals surface area contributed by atoms with Gasteiger partial charge in [0.1, 0.15) is 17.1 Å². The number of allylic oxidation sites excluding steroid dienone is 1. The van der Waals surface area contributed by atoms with Crippen molar-refractivity contribution < 1.29 is 19.1 Å². The molecule has 0 unspecified atom stereocenters. The van der Waals surface area contributed by atoms with Crippen molar-refractivity contribution >= 4 is 57.6 Å². The van der Waals surface area contributed by atoms with Crippen molar-refractivity contribution in [3.05, 3.63) is 93.4 Å². The van der Waals surface area contributed by atoms with E-state index in [2.05, 4.69) is 28.4 Å². The van der Waals surface area contributed by atoms with Crippen LogP contribution in [-0.2, 0) is 22.6 Å². The first-order chi connectivity index (χ1) is 23.6. The van der Waals surface area contributed by atoms with Gasteiger partial charge in [-0.15, -0.1) is 0 Å². The number of fused-ring (bicyclic) bond motifs is 1. The molecule has 1 saturated heterocycles. The summed E-state index contributed by atoms with van der Waals surface area (Å²) < 4.78 is 12.5. The van der Waals surface area contributed by atoms with Crippen LogP contribution in [0.25, 0.3) is 22.2 Å². The average Bonchev–Trinajstić information content (AvgIpc) is 3.11. The number of hydrogen-bond acceptors (Lipinski definition) is 9. The van der Waals surface area contributed by atoms with Gasteiger partial charge in [-0.05, 0) is 49.2 Å². The van der Waals surface area contributed by atoms with Crippen molar-refractivity contribution in [1.82, 2.24) is 24.3 Å². The van der Waals surface area contributed by atoms with Gasteiger partial charge in [-0.3, -0.25) is 23.9 Å². The Bertz CT molecular complexity index is 1960. The number of methoxy groups -OCH3 is 2. The molecule has 2 aromatic carbocycles. The molecule has 2 aromatic heterocycles. The van der Waals surface area contributed by atoms with E-state index in [1.165, 1.54) is 26.4 Å². The minimum atomic E-state index is -0.356. The molecule has 1 aliphatic heterocycles. The average molecular weight is 706 g/mol. The molecular weight excluding hydrogens is 667 g/mol. The fourth-order valence-electron chi connectivity index (χ4n) is 5.93. The molecule has 5 rings (SSSR count). The van der Waals surface area contributed by atoms with Crippen LogP contribution in [0.3, 0.4) is 0 Å². The summed E-state index contributed by atoms with van der Waals surface area (Å²) in [5.41, 5.74) is 2.95. The van der Waals surface area contributed by atoms with Crippen LogP contribution in [0.1, 0.15) is 17.5 Å². The summed E-state index contributed by atoms with van der Waals surface area (Å²) in [6.45, 7) is 12.8. The Morgan fingerprint density at radius 1 is 1.00 bits per heavy atom. The first-order valence-electron chi connectivity index (χ1n) is 15.8. The Balaban J connectivity index is 1.56.